The van der Waals surface area contributed by atoms with Crippen molar-refractivity contribution in [3.05, 3.63) is 78.4 Å². The van der Waals surface area contributed by atoms with Crippen molar-refractivity contribution < 1.29 is 4.79 Å². The predicted molar refractivity (Wildman–Crippen MR) is 103 cm³/mol. The van der Waals surface area contributed by atoms with Crippen LogP contribution in [-0.4, -0.2) is 19.0 Å². The molecule has 1 fully saturated rings. The fourth-order valence-electron chi connectivity index (χ4n) is 3.24. The van der Waals surface area contributed by atoms with Gasteiger partial charge in [-0.05, 0) is 41.3 Å². The molecule has 3 nitrogen and oxygen atoms in total. The molecule has 0 bridgehead atoms. The Morgan fingerprint density at radius 1 is 0.960 bits per heavy atom. The van der Waals surface area contributed by atoms with Crippen LogP contribution < -0.4 is 10.2 Å². The van der Waals surface area contributed by atoms with Crippen LogP contribution in [-0.2, 0) is 4.79 Å². The van der Waals surface area contributed by atoms with Crippen molar-refractivity contribution in [3.8, 4) is 0 Å². The standard InChI is InChI=1S/C22H22N2O/c1-24(20-14-11-16-7-5-6-10-18(16)15-20)21(17-8-3-2-4-9-17)22(25)23-19-12-13-19/h2-11,14-15,19,21H,12-13H2,1H3,(H,23,25)/t21-/m1/s1. The largest absolute Gasteiger partial charge is 0.359 e. The van der Waals surface area contributed by atoms with Gasteiger partial charge < -0.3 is 10.2 Å². The zero-order valence-corrected chi connectivity index (χ0v) is 14.4. The van der Waals surface area contributed by atoms with E-state index in [0.29, 0.717) is 6.04 Å². The molecule has 3 heteroatoms. The van der Waals surface area contributed by atoms with Crippen LogP contribution in [0.5, 0.6) is 0 Å². The maximum atomic E-state index is 12.9. The van der Waals surface area contributed by atoms with Crippen molar-refractivity contribution in [2.24, 2.45) is 0 Å². The third-order valence-corrected chi connectivity index (χ3v) is 4.82. The first kappa shape index (κ1) is 15.7. The van der Waals surface area contributed by atoms with E-state index < -0.39 is 0 Å². The van der Waals surface area contributed by atoms with E-state index in [-0.39, 0.29) is 11.9 Å². The summed E-state index contributed by atoms with van der Waals surface area (Å²) < 4.78 is 0. The highest BCUT2D eigenvalue weighted by Gasteiger charge is 2.31. The lowest BCUT2D eigenvalue weighted by molar-refractivity contribution is -0.122. The predicted octanol–water partition coefficient (Wildman–Crippen LogP) is 4.30. The minimum absolute atomic E-state index is 0.0735. The summed E-state index contributed by atoms with van der Waals surface area (Å²) in [4.78, 5) is 15.0. The molecule has 3 aromatic rings. The fourth-order valence-corrected chi connectivity index (χ4v) is 3.24. The molecule has 0 saturated heterocycles. The first-order valence-corrected chi connectivity index (χ1v) is 8.79. The highest BCUT2D eigenvalue weighted by molar-refractivity contribution is 5.90. The summed E-state index contributed by atoms with van der Waals surface area (Å²) in [5.74, 6) is 0.0735. The topological polar surface area (TPSA) is 32.3 Å². The van der Waals surface area contributed by atoms with Crippen molar-refractivity contribution >= 4 is 22.4 Å². The zero-order valence-electron chi connectivity index (χ0n) is 14.4. The van der Waals surface area contributed by atoms with Crippen LogP contribution in [0.15, 0.2) is 72.8 Å². The number of likely N-dealkylation sites (N-methyl/N-ethyl adjacent to an activating group) is 1. The molecule has 0 radical (unpaired) electrons. The second kappa shape index (κ2) is 6.60. The van der Waals surface area contributed by atoms with Crippen LogP contribution >= 0.6 is 0 Å². The summed E-state index contributed by atoms with van der Waals surface area (Å²) in [5.41, 5.74) is 2.05. The summed E-state index contributed by atoms with van der Waals surface area (Å²) in [6.45, 7) is 0. The number of rotatable bonds is 5. The van der Waals surface area contributed by atoms with Gasteiger partial charge in [0.2, 0.25) is 5.91 Å². The number of nitrogens with zero attached hydrogens (tertiary/aromatic N) is 1. The maximum absolute atomic E-state index is 12.9. The number of anilines is 1. The lowest BCUT2D eigenvalue weighted by atomic mass is 10.0. The minimum atomic E-state index is -0.331. The molecule has 0 spiro atoms. The van der Waals surface area contributed by atoms with Crippen molar-refractivity contribution in [1.82, 2.24) is 5.32 Å². The van der Waals surface area contributed by atoms with Gasteiger partial charge in [0.05, 0.1) is 0 Å². The van der Waals surface area contributed by atoms with E-state index in [2.05, 4.69) is 40.5 Å². The molecule has 1 N–H and O–H groups in total. The van der Waals surface area contributed by atoms with E-state index in [1.54, 1.807) is 0 Å². The average molecular weight is 330 g/mol. The van der Waals surface area contributed by atoms with Crippen molar-refractivity contribution in [1.29, 1.82) is 0 Å². The Kier molecular flexibility index (Phi) is 4.14. The van der Waals surface area contributed by atoms with E-state index in [1.165, 1.54) is 10.8 Å². The number of benzene rings is 3. The van der Waals surface area contributed by atoms with Crippen LogP contribution in [0.25, 0.3) is 10.8 Å². The second-order valence-electron chi connectivity index (χ2n) is 6.74. The van der Waals surface area contributed by atoms with Crippen LogP contribution in [0.1, 0.15) is 24.4 Å². The molecular weight excluding hydrogens is 308 g/mol. The molecule has 1 amide bonds. The molecule has 126 valence electrons. The van der Waals surface area contributed by atoms with Crippen LogP contribution in [0.4, 0.5) is 5.69 Å². The Balaban J connectivity index is 1.70. The molecule has 0 unspecified atom stereocenters. The number of carbonyl (C=O) groups excluding carboxylic acids is 1. The zero-order chi connectivity index (χ0) is 17.2. The van der Waals surface area contributed by atoms with Gasteiger partial charge in [0.15, 0.2) is 0 Å². The Hall–Kier alpha value is -2.81. The van der Waals surface area contributed by atoms with Crippen molar-refractivity contribution in [2.45, 2.75) is 24.9 Å². The maximum Gasteiger partial charge on any atom is 0.247 e. The van der Waals surface area contributed by atoms with E-state index in [4.69, 9.17) is 0 Å². The molecular formula is C22H22N2O. The summed E-state index contributed by atoms with van der Waals surface area (Å²) in [7, 11) is 1.99. The first-order chi connectivity index (χ1) is 12.2. The minimum Gasteiger partial charge on any atom is -0.359 e. The molecule has 0 aliphatic heterocycles. The molecule has 25 heavy (non-hydrogen) atoms. The molecule has 0 heterocycles. The number of hydrogen-bond donors (Lipinski definition) is 1. The van der Waals surface area contributed by atoms with Gasteiger partial charge >= 0.3 is 0 Å². The number of fused-ring (bicyclic) bond motifs is 1. The highest BCUT2D eigenvalue weighted by atomic mass is 16.2. The number of carbonyl (C=O) groups is 1. The van der Waals surface area contributed by atoms with E-state index in [0.717, 1.165) is 24.1 Å². The molecule has 3 aromatic carbocycles. The van der Waals surface area contributed by atoms with Gasteiger partial charge in [-0.3, -0.25) is 4.79 Å². The smallest absolute Gasteiger partial charge is 0.247 e. The third kappa shape index (κ3) is 3.36. The summed E-state index contributed by atoms with van der Waals surface area (Å²) in [6, 6.07) is 24.7. The van der Waals surface area contributed by atoms with Crippen LogP contribution in [0.2, 0.25) is 0 Å². The lowest BCUT2D eigenvalue weighted by Crippen LogP contribution is -2.39. The van der Waals surface area contributed by atoms with Crippen molar-refractivity contribution in [3.63, 3.8) is 0 Å². The van der Waals surface area contributed by atoms with E-state index in [9.17, 15) is 4.79 Å². The monoisotopic (exact) mass is 330 g/mol. The van der Waals surface area contributed by atoms with Crippen LogP contribution in [0.3, 0.4) is 0 Å². The molecule has 4 rings (SSSR count). The third-order valence-electron chi connectivity index (χ3n) is 4.82. The molecule has 1 aliphatic rings. The van der Waals surface area contributed by atoms with Gasteiger partial charge in [-0.1, -0.05) is 60.7 Å². The van der Waals surface area contributed by atoms with Gasteiger partial charge in [0, 0.05) is 18.8 Å². The Labute approximate surface area is 148 Å². The Morgan fingerprint density at radius 3 is 2.36 bits per heavy atom. The average Bonchev–Trinajstić information content (AvgIpc) is 3.46. The lowest BCUT2D eigenvalue weighted by Gasteiger charge is -2.30. The summed E-state index contributed by atoms with van der Waals surface area (Å²) in [6.07, 6.45) is 2.18. The normalized spacial score (nSPS) is 14.9. The van der Waals surface area contributed by atoms with Gasteiger partial charge in [-0.2, -0.15) is 0 Å². The summed E-state index contributed by atoms with van der Waals surface area (Å²) in [5, 5.41) is 5.55. The fraction of sp³-hybridized carbons (Fsp3) is 0.227. The van der Waals surface area contributed by atoms with Crippen molar-refractivity contribution in [2.75, 3.05) is 11.9 Å². The number of amides is 1. The van der Waals surface area contributed by atoms with Gasteiger partial charge in [-0.15, -0.1) is 0 Å². The Bertz CT molecular complexity index is 887. The molecule has 0 aromatic heterocycles. The van der Waals surface area contributed by atoms with Gasteiger partial charge in [0.1, 0.15) is 6.04 Å². The number of hydrogen-bond acceptors (Lipinski definition) is 2. The highest BCUT2D eigenvalue weighted by Crippen LogP contribution is 2.30. The SMILES string of the molecule is CN(c1ccc2ccccc2c1)[C@@H](C(=O)NC1CC1)c1ccccc1. The second-order valence-corrected chi connectivity index (χ2v) is 6.74. The summed E-state index contributed by atoms with van der Waals surface area (Å²) >= 11 is 0. The first-order valence-electron chi connectivity index (χ1n) is 8.79. The quantitative estimate of drug-likeness (QED) is 0.756. The van der Waals surface area contributed by atoms with Crippen LogP contribution in [0, 0.1) is 0 Å². The molecule has 1 saturated carbocycles. The van der Waals surface area contributed by atoms with Gasteiger partial charge in [0.25, 0.3) is 0 Å². The van der Waals surface area contributed by atoms with E-state index >= 15 is 0 Å². The van der Waals surface area contributed by atoms with Gasteiger partial charge in [-0.25, -0.2) is 0 Å². The van der Waals surface area contributed by atoms with E-state index in [1.807, 2.05) is 49.5 Å². The Morgan fingerprint density at radius 2 is 1.64 bits per heavy atom. The molecule has 1 atom stereocenters. The number of nitrogens with one attached hydrogen (secondary N) is 1. The molecule has 1 aliphatic carbocycles.